The van der Waals surface area contributed by atoms with E-state index in [-0.39, 0.29) is 16.7 Å². The molecular weight excluding hydrogens is 257 g/mol. The van der Waals surface area contributed by atoms with Crippen molar-refractivity contribution < 1.29 is 13.4 Å². The van der Waals surface area contributed by atoms with Crippen LogP contribution in [0.5, 0.6) is 0 Å². The predicted octanol–water partition coefficient (Wildman–Crippen LogP) is 0.541. The van der Waals surface area contributed by atoms with Crippen LogP contribution in [0.1, 0.15) is 0 Å². The van der Waals surface area contributed by atoms with Crippen LogP contribution in [0.4, 0.5) is 14.9 Å². The molecule has 1 unspecified atom stereocenters. The van der Waals surface area contributed by atoms with Crippen molar-refractivity contribution in [2.75, 3.05) is 31.1 Å². The van der Waals surface area contributed by atoms with Crippen molar-refractivity contribution in [2.24, 2.45) is 0 Å². The average molecular weight is 271 g/mol. The third kappa shape index (κ3) is 2.79. The molecule has 1 atom stereocenters. The van der Waals surface area contributed by atoms with Gasteiger partial charge in [-0.2, -0.15) is 0 Å². The van der Waals surface area contributed by atoms with Crippen molar-refractivity contribution in [3.63, 3.8) is 0 Å². The van der Waals surface area contributed by atoms with Gasteiger partial charge in [-0.05, 0) is 18.2 Å². The molecule has 0 spiro atoms. The summed E-state index contributed by atoms with van der Waals surface area (Å²) in [6.07, 6.45) is 0. The highest BCUT2D eigenvalue weighted by molar-refractivity contribution is 7.85. The summed E-state index contributed by atoms with van der Waals surface area (Å²) >= 11 is 0. The molecular formula is C11H14FN3O2S. The van der Waals surface area contributed by atoms with Crippen molar-refractivity contribution in [3.05, 3.63) is 24.0 Å². The Bertz CT molecular complexity index is 495. The lowest BCUT2D eigenvalue weighted by atomic mass is 10.3. The number of carbonyl (C=O) groups is 1. The molecule has 1 fully saturated rings. The number of nitrogens with two attached hydrogens (primary N) is 1. The molecule has 2 rings (SSSR count). The number of rotatable bonds is 4. The van der Waals surface area contributed by atoms with E-state index in [1.54, 1.807) is 4.90 Å². The topological polar surface area (TPSA) is 75.4 Å². The average Bonchev–Trinajstić information content (AvgIpc) is 2.75. The van der Waals surface area contributed by atoms with Crippen molar-refractivity contribution in [1.82, 2.24) is 10.2 Å². The Balaban J connectivity index is 1.99. The summed E-state index contributed by atoms with van der Waals surface area (Å²) in [4.78, 5) is 13.1. The van der Waals surface area contributed by atoms with E-state index in [9.17, 15) is 13.4 Å². The number of urea groups is 1. The van der Waals surface area contributed by atoms with Gasteiger partial charge in [0, 0.05) is 31.1 Å². The predicted molar refractivity (Wildman–Crippen MR) is 67.1 cm³/mol. The fraction of sp³-hybridized carbons (Fsp3) is 0.364. The first-order valence-electron chi connectivity index (χ1n) is 5.54. The number of carbonyl (C=O) groups excluding carboxylic acids is 1. The summed E-state index contributed by atoms with van der Waals surface area (Å²) in [6, 6.07) is 3.64. The molecule has 5 nitrogen and oxygen atoms in total. The Kier molecular flexibility index (Phi) is 3.81. The van der Waals surface area contributed by atoms with Crippen LogP contribution in [0, 0.1) is 5.82 Å². The van der Waals surface area contributed by atoms with Gasteiger partial charge in [-0.25, -0.2) is 9.18 Å². The zero-order valence-corrected chi connectivity index (χ0v) is 10.5. The van der Waals surface area contributed by atoms with Gasteiger partial charge in [0.15, 0.2) is 0 Å². The fourth-order valence-corrected chi connectivity index (χ4v) is 2.91. The van der Waals surface area contributed by atoms with E-state index in [0.717, 1.165) is 0 Å². The number of hydrogen-bond donors (Lipinski definition) is 2. The van der Waals surface area contributed by atoms with E-state index in [1.807, 2.05) is 0 Å². The van der Waals surface area contributed by atoms with Crippen molar-refractivity contribution in [3.8, 4) is 0 Å². The molecule has 0 aliphatic carbocycles. The Labute approximate surface area is 107 Å². The SMILES string of the molecule is Nc1ccc(F)cc1S(=O)CCN1CCNC1=O. The molecule has 1 aliphatic rings. The van der Waals surface area contributed by atoms with Crippen molar-refractivity contribution in [2.45, 2.75) is 4.90 Å². The van der Waals surface area contributed by atoms with Crippen LogP contribution in [-0.4, -0.2) is 40.5 Å². The van der Waals surface area contributed by atoms with E-state index in [1.165, 1.54) is 18.2 Å². The minimum atomic E-state index is -1.40. The van der Waals surface area contributed by atoms with E-state index < -0.39 is 16.6 Å². The molecule has 3 N–H and O–H groups in total. The molecule has 18 heavy (non-hydrogen) atoms. The van der Waals surface area contributed by atoms with Gasteiger partial charge in [0.2, 0.25) is 0 Å². The Morgan fingerprint density at radius 1 is 1.50 bits per heavy atom. The summed E-state index contributed by atoms with van der Waals surface area (Å²) in [5.41, 5.74) is 5.95. The maximum absolute atomic E-state index is 13.0. The highest BCUT2D eigenvalue weighted by Crippen LogP contribution is 2.18. The smallest absolute Gasteiger partial charge is 0.317 e. The van der Waals surface area contributed by atoms with E-state index in [0.29, 0.717) is 25.3 Å². The lowest BCUT2D eigenvalue weighted by Gasteiger charge is -2.13. The zero-order valence-electron chi connectivity index (χ0n) is 9.69. The van der Waals surface area contributed by atoms with Gasteiger partial charge in [-0.3, -0.25) is 4.21 Å². The number of nitrogen functional groups attached to an aromatic ring is 1. The highest BCUT2D eigenvalue weighted by atomic mass is 32.2. The molecule has 0 saturated carbocycles. The lowest BCUT2D eigenvalue weighted by molar-refractivity contribution is 0.220. The molecule has 0 aromatic heterocycles. The number of halogens is 1. The molecule has 98 valence electrons. The van der Waals surface area contributed by atoms with E-state index in [4.69, 9.17) is 5.73 Å². The third-order valence-corrected chi connectivity index (χ3v) is 4.11. The summed E-state index contributed by atoms with van der Waals surface area (Å²) in [7, 11) is -1.40. The molecule has 1 aliphatic heterocycles. The number of anilines is 1. The highest BCUT2D eigenvalue weighted by Gasteiger charge is 2.20. The first-order chi connectivity index (χ1) is 8.58. The van der Waals surface area contributed by atoms with Crippen LogP contribution >= 0.6 is 0 Å². The maximum Gasteiger partial charge on any atom is 0.317 e. The molecule has 1 saturated heterocycles. The third-order valence-electron chi connectivity index (χ3n) is 2.71. The monoisotopic (exact) mass is 271 g/mol. The van der Waals surface area contributed by atoms with Crippen LogP contribution in [-0.2, 0) is 10.8 Å². The Morgan fingerprint density at radius 2 is 2.28 bits per heavy atom. The number of nitrogens with zero attached hydrogens (tertiary/aromatic N) is 1. The fourth-order valence-electron chi connectivity index (χ4n) is 1.73. The molecule has 0 bridgehead atoms. The standard InChI is InChI=1S/C11H14FN3O2S/c12-8-1-2-9(13)10(7-8)18(17)6-5-15-4-3-14-11(15)16/h1-2,7H,3-6,13H2,(H,14,16). The Morgan fingerprint density at radius 3 is 2.94 bits per heavy atom. The second-order valence-corrected chi connectivity index (χ2v) is 5.49. The molecule has 1 heterocycles. The minimum Gasteiger partial charge on any atom is -0.398 e. The maximum atomic E-state index is 13.0. The van der Waals surface area contributed by atoms with Crippen LogP contribution in [0.15, 0.2) is 23.1 Å². The minimum absolute atomic E-state index is 0.154. The molecule has 1 aromatic rings. The van der Waals surface area contributed by atoms with Gasteiger partial charge in [-0.1, -0.05) is 0 Å². The van der Waals surface area contributed by atoms with Gasteiger partial charge < -0.3 is 16.0 Å². The summed E-state index contributed by atoms with van der Waals surface area (Å²) in [6.45, 7) is 1.58. The van der Waals surface area contributed by atoms with Crippen LogP contribution < -0.4 is 11.1 Å². The van der Waals surface area contributed by atoms with Gasteiger partial charge in [0.05, 0.1) is 15.7 Å². The second kappa shape index (κ2) is 5.34. The molecule has 0 radical (unpaired) electrons. The van der Waals surface area contributed by atoms with Gasteiger partial charge in [-0.15, -0.1) is 0 Å². The summed E-state index contributed by atoms with van der Waals surface area (Å²) < 4.78 is 25.0. The van der Waals surface area contributed by atoms with Crippen LogP contribution in [0.3, 0.4) is 0 Å². The number of hydrogen-bond acceptors (Lipinski definition) is 3. The van der Waals surface area contributed by atoms with Gasteiger partial charge in [0.25, 0.3) is 0 Å². The lowest BCUT2D eigenvalue weighted by Crippen LogP contribution is -2.31. The van der Waals surface area contributed by atoms with Crippen LogP contribution in [0.25, 0.3) is 0 Å². The van der Waals surface area contributed by atoms with Crippen molar-refractivity contribution in [1.29, 1.82) is 0 Å². The number of nitrogens with one attached hydrogen (secondary N) is 1. The van der Waals surface area contributed by atoms with Crippen molar-refractivity contribution >= 4 is 22.5 Å². The quantitative estimate of drug-likeness (QED) is 0.785. The number of amides is 2. The second-order valence-electron chi connectivity index (χ2n) is 3.95. The molecule has 1 aromatic carbocycles. The van der Waals surface area contributed by atoms with Gasteiger partial charge in [0.1, 0.15) is 5.82 Å². The zero-order chi connectivity index (χ0) is 13.1. The van der Waals surface area contributed by atoms with E-state index in [2.05, 4.69) is 5.32 Å². The summed E-state index contributed by atoms with van der Waals surface area (Å²) in [5.74, 6) is -0.215. The largest absolute Gasteiger partial charge is 0.398 e. The summed E-state index contributed by atoms with van der Waals surface area (Å²) in [5, 5.41) is 2.66. The van der Waals surface area contributed by atoms with Gasteiger partial charge >= 0.3 is 6.03 Å². The van der Waals surface area contributed by atoms with E-state index >= 15 is 0 Å². The normalized spacial score (nSPS) is 16.7. The number of benzene rings is 1. The first kappa shape index (κ1) is 12.8. The Hall–Kier alpha value is -1.63. The van der Waals surface area contributed by atoms with Crippen LogP contribution in [0.2, 0.25) is 0 Å². The first-order valence-corrected chi connectivity index (χ1v) is 6.86. The molecule has 2 amide bonds. The molecule has 7 heteroatoms.